The minimum atomic E-state index is -5.12. The van der Waals surface area contributed by atoms with Crippen LogP contribution in [0.5, 0.6) is 23.0 Å². The van der Waals surface area contributed by atoms with Crippen LogP contribution in [-0.4, -0.2) is 66.7 Å². The van der Waals surface area contributed by atoms with Crippen LogP contribution in [0, 0.1) is 23.7 Å². The second kappa shape index (κ2) is 21.2. The molecule has 0 saturated carbocycles. The topological polar surface area (TPSA) is 77.5 Å². The van der Waals surface area contributed by atoms with Crippen molar-refractivity contribution in [1.82, 2.24) is 0 Å². The van der Waals surface area contributed by atoms with E-state index in [1.54, 1.807) is 97.1 Å². The van der Waals surface area contributed by atoms with Gasteiger partial charge < -0.3 is 28.7 Å². The third-order valence-corrected chi connectivity index (χ3v) is 12.2. The molecule has 8 nitrogen and oxygen atoms in total. The molecule has 2 amide bonds. The van der Waals surface area contributed by atoms with Crippen molar-refractivity contribution < 1.29 is 54.9 Å². The lowest BCUT2D eigenvalue weighted by Crippen LogP contribution is -2.38. The first-order valence-corrected chi connectivity index (χ1v) is 22.0. The van der Waals surface area contributed by atoms with Gasteiger partial charge in [0.05, 0.1) is 28.4 Å². The van der Waals surface area contributed by atoms with Crippen molar-refractivity contribution in [1.29, 1.82) is 0 Å². The Labute approximate surface area is 413 Å². The van der Waals surface area contributed by atoms with Crippen molar-refractivity contribution in [2.24, 2.45) is 0 Å². The summed E-state index contributed by atoms with van der Waals surface area (Å²) in [5, 5.41) is 0. The van der Waals surface area contributed by atoms with Gasteiger partial charge in [0.2, 0.25) is 0 Å². The summed E-state index contributed by atoms with van der Waals surface area (Å²) < 4.78 is 104. The number of nitrogens with zero attached hydrogens (tertiary/aromatic N) is 2. The smallest absolute Gasteiger partial charge is 0.471 e. The Hall–Kier alpha value is -8.62. The normalized spacial score (nSPS) is 11.5. The van der Waals surface area contributed by atoms with Gasteiger partial charge in [-0.15, -0.1) is 0 Å². The first-order chi connectivity index (χ1) is 34.4. The Bertz CT molecular complexity index is 2860. The monoisotopic (exact) mass is 980 g/mol. The number of methoxy groups -OCH3 is 4. The van der Waals surface area contributed by atoms with Crippen LogP contribution in [0.4, 0.5) is 37.7 Å². The van der Waals surface area contributed by atoms with Crippen LogP contribution in [0.3, 0.4) is 0 Å². The molecule has 7 aromatic rings. The summed E-state index contributed by atoms with van der Waals surface area (Å²) >= 11 is 0. The fourth-order valence-corrected chi connectivity index (χ4v) is 8.28. The SMILES string of the molecule is COc1ccc(C(C#Cc2ccc(C#CC(c3ccc(OC)cc3)(c3ccc(OC)cc3)c3cccc(N(C)C(=O)C(F)(F)F)c3)cc2)(c2ccc(OC)cc2)c2cccc(N(C)C(=O)C(F)(F)F)c2)cc1. The van der Waals surface area contributed by atoms with Crippen molar-refractivity contribution in [2.75, 3.05) is 52.3 Å². The van der Waals surface area contributed by atoms with Crippen molar-refractivity contribution in [2.45, 2.75) is 23.2 Å². The number of alkyl halides is 6. The van der Waals surface area contributed by atoms with Crippen LogP contribution in [0.2, 0.25) is 0 Å². The molecule has 0 heterocycles. The van der Waals surface area contributed by atoms with Gasteiger partial charge in [0.15, 0.2) is 0 Å². The molecule has 0 radical (unpaired) electrons. The van der Waals surface area contributed by atoms with E-state index in [0.717, 1.165) is 14.1 Å². The predicted octanol–water partition coefficient (Wildman–Crippen LogP) is 11.5. The first-order valence-electron chi connectivity index (χ1n) is 22.0. The van der Waals surface area contributed by atoms with Crippen molar-refractivity contribution >= 4 is 23.2 Å². The summed E-state index contributed by atoms with van der Waals surface area (Å²) in [4.78, 5) is 26.1. The molecule has 0 atom stereocenters. The third kappa shape index (κ3) is 10.6. The second-order valence-corrected chi connectivity index (χ2v) is 16.3. The molecule has 0 aliphatic carbocycles. The molecule has 0 aliphatic rings. The van der Waals surface area contributed by atoms with Crippen LogP contribution in [-0.2, 0) is 20.4 Å². The highest BCUT2D eigenvalue weighted by Gasteiger charge is 2.44. The Kier molecular flexibility index (Phi) is 15.1. The number of carbonyl (C=O) groups excluding carboxylic acids is 2. The van der Waals surface area contributed by atoms with Crippen LogP contribution >= 0.6 is 0 Å². The van der Waals surface area contributed by atoms with E-state index >= 15 is 0 Å². The van der Waals surface area contributed by atoms with Crippen LogP contribution in [0.1, 0.15) is 44.5 Å². The van der Waals surface area contributed by atoms with Gasteiger partial charge in [-0.2, -0.15) is 26.3 Å². The van der Waals surface area contributed by atoms with Gasteiger partial charge in [-0.05, 0) is 130 Å². The molecule has 0 bridgehead atoms. The summed E-state index contributed by atoms with van der Waals surface area (Å²) in [6, 6.07) is 48.0. The van der Waals surface area contributed by atoms with Crippen LogP contribution < -0.4 is 28.7 Å². The average Bonchev–Trinajstić information content (AvgIpc) is 3.41. The fraction of sp³-hybridized carbons (Fsp3) is 0.172. The standard InChI is InChI=1S/C58H46F6N2O6/c1-65(53(67)57(59,60)61)47-11-7-9-45(37-47)55(41-17-25-49(69-3)26-18-41,42-19-27-50(70-4)28-20-42)35-33-39-13-15-40(16-14-39)34-36-56(43-21-29-51(71-5)30-22-43,44-23-31-52(72-6)32-24-44)46-10-8-12-48(38-46)66(2)54(68)58(62,63)64/h7-32,37-38H,1-6H3. The molecule has 0 aliphatic heterocycles. The molecule has 0 N–H and O–H groups in total. The number of anilines is 2. The number of ether oxygens (including phenoxy) is 4. The number of hydrogen-bond acceptors (Lipinski definition) is 6. The number of carbonyl (C=O) groups is 2. The number of amides is 2. The van der Waals surface area contributed by atoms with Gasteiger partial charge in [-0.3, -0.25) is 9.59 Å². The van der Waals surface area contributed by atoms with E-state index in [0.29, 0.717) is 77.3 Å². The van der Waals surface area contributed by atoms with Crippen LogP contribution in [0.15, 0.2) is 170 Å². The fourth-order valence-electron chi connectivity index (χ4n) is 8.28. The van der Waals surface area contributed by atoms with Gasteiger partial charge >= 0.3 is 24.2 Å². The highest BCUT2D eigenvalue weighted by Crippen LogP contribution is 2.44. The Morgan fingerprint density at radius 1 is 0.389 bits per heavy atom. The van der Waals surface area contributed by atoms with E-state index in [9.17, 15) is 35.9 Å². The van der Waals surface area contributed by atoms with Crippen LogP contribution in [0.25, 0.3) is 0 Å². The molecular weight excluding hydrogens is 935 g/mol. The molecule has 0 aromatic heterocycles. The molecule has 0 unspecified atom stereocenters. The number of benzene rings is 7. The lowest BCUT2D eigenvalue weighted by atomic mass is 9.69. The Morgan fingerprint density at radius 3 is 0.889 bits per heavy atom. The zero-order chi connectivity index (χ0) is 51.8. The summed E-state index contributed by atoms with van der Waals surface area (Å²) in [6.45, 7) is 0. The zero-order valence-electron chi connectivity index (χ0n) is 39.8. The minimum Gasteiger partial charge on any atom is -0.497 e. The van der Waals surface area contributed by atoms with Crippen molar-refractivity contribution in [3.8, 4) is 46.7 Å². The molecular formula is C58H46F6N2O6. The van der Waals surface area contributed by atoms with E-state index < -0.39 is 35.0 Å². The van der Waals surface area contributed by atoms with Gasteiger partial charge in [0, 0.05) is 36.6 Å². The summed E-state index contributed by atoms with van der Waals surface area (Å²) in [5.74, 6) is 11.7. The average molecular weight is 981 g/mol. The Morgan fingerprint density at radius 2 is 0.653 bits per heavy atom. The molecule has 0 fully saturated rings. The van der Waals surface area contributed by atoms with Gasteiger partial charge in [0.25, 0.3) is 0 Å². The van der Waals surface area contributed by atoms with E-state index in [2.05, 4.69) is 23.7 Å². The largest absolute Gasteiger partial charge is 0.497 e. The van der Waals surface area contributed by atoms with E-state index in [1.165, 1.54) is 52.7 Å². The molecule has 366 valence electrons. The highest BCUT2D eigenvalue weighted by atomic mass is 19.4. The van der Waals surface area contributed by atoms with Crippen molar-refractivity contribution in [3.63, 3.8) is 0 Å². The maximum absolute atomic E-state index is 13.7. The molecule has 7 rings (SSSR count). The lowest BCUT2D eigenvalue weighted by Gasteiger charge is -2.32. The summed E-state index contributed by atoms with van der Waals surface area (Å²) in [7, 11) is 8.21. The number of rotatable bonds is 12. The summed E-state index contributed by atoms with van der Waals surface area (Å²) in [6.07, 6.45) is -10.2. The zero-order valence-corrected chi connectivity index (χ0v) is 39.8. The van der Waals surface area contributed by atoms with Gasteiger partial charge in [-0.1, -0.05) is 96.5 Å². The van der Waals surface area contributed by atoms with E-state index in [-0.39, 0.29) is 11.4 Å². The van der Waals surface area contributed by atoms with E-state index in [4.69, 9.17) is 18.9 Å². The minimum absolute atomic E-state index is 0.0140. The lowest BCUT2D eigenvalue weighted by molar-refractivity contribution is -0.170. The maximum Gasteiger partial charge on any atom is 0.471 e. The van der Waals surface area contributed by atoms with Gasteiger partial charge in [0.1, 0.15) is 33.8 Å². The molecule has 72 heavy (non-hydrogen) atoms. The highest BCUT2D eigenvalue weighted by molar-refractivity contribution is 5.97. The van der Waals surface area contributed by atoms with Gasteiger partial charge in [-0.25, -0.2) is 0 Å². The third-order valence-electron chi connectivity index (χ3n) is 12.2. The molecule has 7 aromatic carbocycles. The number of hydrogen-bond donors (Lipinski definition) is 0. The first kappa shape index (κ1) is 51.2. The van der Waals surface area contributed by atoms with E-state index in [1.807, 2.05) is 48.5 Å². The Balaban J connectivity index is 1.41. The molecule has 0 spiro atoms. The molecule has 0 saturated heterocycles. The summed E-state index contributed by atoms with van der Waals surface area (Å²) in [5.41, 5.74) is 1.78. The molecule has 14 heteroatoms. The maximum atomic E-state index is 13.7. The number of halogens is 6. The quantitative estimate of drug-likeness (QED) is 0.0690. The van der Waals surface area contributed by atoms with Crippen molar-refractivity contribution in [3.05, 3.63) is 214 Å². The predicted molar refractivity (Wildman–Crippen MR) is 264 cm³/mol. The second-order valence-electron chi connectivity index (χ2n) is 16.3.